The molecular formula is C19H26O16S. The van der Waals surface area contributed by atoms with Crippen LogP contribution in [0.15, 0.2) is 24.3 Å². The molecule has 0 aromatic heterocycles. The molecule has 16 nitrogen and oxygen atoms in total. The SMILES string of the molecule is COc1ccc(O[C@@H]2O[C@H](CO)[C@H](O)[C@H](O[C@@H]3O[C@H](C(=O)O)[C@@H](O)[C@H](OS(=O)(=O)O)[C@H]3O)[C@H]2O)cc1. The highest BCUT2D eigenvalue weighted by Crippen LogP contribution is 2.32. The van der Waals surface area contributed by atoms with Crippen LogP contribution in [0.5, 0.6) is 11.5 Å². The first-order valence-corrected chi connectivity index (χ1v) is 11.7. The fourth-order valence-corrected chi connectivity index (χ4v) is 4.17. The number of carboxylic acid groups (broad SMARTS) is 1. The first-order valence-electron chi connectivity index (χ1n) is 10.3. The lowest BCUT2D eigenvalue weighted by molar-refractivity contribution is -0.347. The number of hydrogen-bond donors (Lipinski definition) is 7. The van der Waals surface area contributed by atoms with Crippen LogP contribution < -0.4 is 9.47 Å². The monoisotopic (exact) mass is 542 g/mol. The van der Waals surface area contributed by atoms with E-state index in [0.717, 1.165) is 0 Å². The van der Waals surface area contributed by atoms with Gasteiger partial charge in [0, 0.05) is 0 Å². The number of aliphatic hydroxyl groups is 5. The van der Waals surface area contributed by atoms with Crippen molar-refractivity contribution in [3.05, 3.63) is 24.3 Å². The molecule has 0 amide bonds. The van der Waals surface area contributed by atoms with Crippen LogP contribution in [-0.2, 0) is 33.6 Å². The Morgan fingerprint density at radius 1 is 0.917 bits per heavy atom. The van der Waals surface area contributed by atoms with Crippen LogP contribution in [0.2, 0.25) is 0 Å². The third-order valence-electron chi connectivity index (χ3n) is 5.44. The van der Waals surface area contributed by atoms with Gasteiger partial charge in [-0.05, 0) is 24.3 Å². The van der Waals surface area contributed by atoms with Gasteiger partial charge < -0.3 is 54.3 Å². The predicted molar refractivity (Wildman–Crippen MR) is 111 cm³/mol. The average Bonchev–Trinajstić information content (AvgIpc) is 2.82. The molecule has 0 aliphatic carbocycles. The second-order valence-corrected chi connectivity index (χ2v) is 8.88. The summed E-state index contributed by atoms with van der Waals surface area (Å²) in [5.41, 5.74) is 0. The molecule has 36 heavy (non-hydrogen) atoms. The summed E-state index contributed by atoms with van der Waals surface area (Å²) in [6, 6.07) is 6.01. The molecule has 0 bridgehead atoms. The number of carboxylic acids is 1. The molecule has 10 atom stereocenters. The molecule has 2 aliphatic heterocycles. The summed E-state index contributed by atoms with van der Waals surface area (Å²) in [5.74, 6) is -1.14. The lowest BCUT2D eigenvalue weighted by Crippen LogP contribution is -2.66. The molecule has 0 radical (unpaired) electrons. The van der Waals surface area contributed by atoms with Crippen molar-refractivity contribution in [2.24, 2.45) is 0 Å². The van der Waals surface area contributed by atoms with Gasteiger partial charge in [-0.2, -0.15) is 8.42 Å². The summed E-state index contributed by atoms with van der Waals surface area (Å²) >= 11 is 0. The maximum absolute atomic E-state index is 11.5. The highest BCUT2D eigenvalue weighted by Gasteiger charge is 2.54. The number of ether oxygens (including phenoxy) is 5. The minimum atomic E-state index is -5.28. The van der Waals surface area contributed by atoms with Gasteiger partial charge in [0.25, 0.3) is 0 Å². The van der Waals surface area contributed by atoms with Gasteiger partial charge in [-0.1, -0.05) is 0 Å². The lowest BCUT2D eigenvalue weighted by Gasteiger charge is -2.45. The molecule has 0 saturated carbocycles. The van der Waals surface area contributed by atoms with Crippen molar-refractivity contribution in [2.75, 3.05) is 13.7 Å². The maximum Gasteiger partial charge on any atom is 0.397 e. The van der Waals surface area contributed by atoms with Gasteiger partial charge >= 0.3 is 16.4 Å². The van der Waals surface area contributed by atoms with Gasteiger partial charge in [0.2, 0.25) is 6.29 Å². The quantitative estimate of drug-likeness (QED) is 0.150. The normalized spacial score (nSPS) is 37.3. The van der Waals surface area contributed by atoms with Gasteiger partial charge in [-0.15, -0.1) is 0 Å². The Balaban J connectivity index is 1.84. The molecular weight excluding hydrogens is 516 g/mol. The highest BCUT2D eigenvalue weighted by molar-refractivity contribution is 7.80. The van der Waals surface area contributed by atoms with Crippen molar-refractivity contribution in [3.8, 4) is 11.5 Å². The zero-order valence-corrected chi connectivity index (χ0v) is 19.3. The molecule has 3 rings (SSSR count). The number of aliphatic hydroxyl groups excluding tert-OH is 5. The molecule has 0 spiro atoms. The van der Waals surface area contributed by atoms with E-state index in [9.17, 15) is 43.9 Å². The molecule has 2 fully saturated rings. The first-order chi connectivity index (χ1) is 16.9. The van der Waals surface area contributed by atoms with Crippen molar-refractivity contribution in [2.45, 2.75) is 61.4 Å². The molecule has 204 valence electrons. The largest absolute Gasteiger partial charge is 0.497 e. The Morgan fingerprint density at radius 2 is 1.50 bits per heavy atom. The minimum absolute atomic E-state index is 0.177. The fraction of sp³-hybridized carbons (Fsp3) is 0.632. The van der Waals surface area contributed by atoms with Crippen molar-refractivity contribution >= 4 is 16.4 Å². The van der Waals surface area contributed by atoms with Crippen LogP contribution in [0.25, 0.3) is 0 Å². The van der Waals surface area contributed by atoms with Crippen LogP contribution in [0.3, 0.4) is 0 Å². The van der Waals surface area contributed by atoms with Crippen molar-refractivity contribution < 1.29 is 76.3 Å². The van der Waals surface area contributed by atoms with E-state index < -0.39 is 84.4 Å². The van der Waals surface area contributed by atoms with E-state index in [2.05, 4.69) is 4.18 Å². The van der Waals surface area contributed by atoms with Crippen molar-refractivity contribution in [3.63, 3.8) is 0 Å². The second kappa shape index (κ2) is 11.5. The molecule has 1 aromatic carbocycles. The van der Waals surface area contributed by atoms with E-state index >= 15 is 0 Å². The van der Waals surface area contributed by atoms with E-state index in [-0.39, 0.29) is 5.75 Å². The molecule has 1 aromatic rings. The zero-order valence-electron chi connectivity index (χ0n) is 18.5. The molecule has 7 N–H and O–H groups in total. The van der Waals surface area contributed by atoms with E-state index in [0.29, 0.717) is 5.75 Å². The number of benzene rings is 1. The maximum atomic E-state index is 11.5. The lowest BCUT2D eigenvalue weighted by atomic mass is 9.97. The minimum Gasteiger partial charge on any atom is -0.497 e. The van der Waals surface area contributed by atoms with Crippen LogP contribution in [-0.4, -0.2) is 125 Å². The average molecular weight is 542 g/mol. The Bertz CT molecular complexity index is 986. The van der Waals surface area contributed by atoms with Crippen LogP contribution in [0.4, 0.5) is 0 Å². The fourth-order valence-electron chi connectivity index (χ4n) is 3.66. The Labute approximate surface area is 204 Å². The molecule has 2 saturated heterocycles. The Morgan fingerprint density at radius 3 is 2.03 bits per heavy atom. The van der Waals surface area contributed by atoms with Gasteiger partial charge in [-0.3, -0.25) is 4.55 Å². The molecule has 17 heteroatoms. The predicted octanol–water partition coefficient (Wildman–Crippen LogP) is -3.38. The summed E-state index contributed by atoms with van der Waals surface area (Å²) in [4.78, 5) is 11.5. The third-order valence-corrected chi connectivity index (χ3v) is 5.91. The highest BCUT2D eigenvalue weighted by atomic mass is 32.3. The van der Waals surface area contributed by atoms with Gasteiger partial charge in [0.15, 0.2) is 12.4 Å². The number of hydrogen-bond acceptors (Lipinski definition) is 14. The van der Waals surface area contributed by atoms with E-state index in [1.165, 1.54) is 31.4 Å². The standard InChI is InChI=1S/C19H26O16S/c1-30-7-2-4-8(5-3-7)31-18-12(23)14(10(21)9(6-20)32-18)33-19-13(24)15(35-36(27,28)29)11(22)16(34-19)17(25)26/h2-5,9-16,18-24H,6H2,1H3,(H,25,26)(H,27,28,29)/t9-,10+,11+,12-,13-,14+,15+,16+,18-,19-/m1/s1. The Hall–Kier alpha value is -2.16. The summed E-state index contributed by atoms with van der Waals surface area (Å²) in [6.45, 7) is -0.782. The number of aliphatic carboxylic acids is 1. The van der Waals surface area contributed by atoms with Crippen LogP contribution in [0, 0.1) is 0 Å². The summed E-state index contributed by atoms with van der Waals surface area (Å²) in [5, 5.41) is 60.7. The summed E-state index contributed by atoms with van der Waals surface area (Å²) in [7, 11) is -3.84. The first kappa shape index (κ1) is 28.4. The zero-order chi connectivity index (χ0) is 26.8. The number of methoxy groups -OCH3 is 1. The number of rotatable bonds is 9. The van der Waals surface area contributed by atoms with Gasteiger partial charge in [0.1, 0.15) is 54.2 Å². The summed E-state index contributed by atoms with van der Waals surface area (Å²) < 4.78 is 61.8. The topological polar surface area (TPSA) is 248 Å². The van der Waals surface area contributed by atoms with Crippen LogP contribution in [0.1, 0.15) is 0 Å². The molecule has 0 unspecified atom stereocenters. The van der Waals surface area contributed by atoms with E-state index in [1.807, 2.05) is 0 Å². The van der Waals surface area contributed by atoms with Crippen LogP contribution >= 0.6 is 0 Å². The van der Waals surface area contributed by atoms with Gasteiger partial charge in [0.05, 0.1) is 13.7 Å². The van der Waals surface area contributed by atoms with Crippen molar-refractivity contribution in [1.82, 2.24) is 0 Å². The summed E-state index contributed by atoms with van der Waals surface area (Å²) in [6.07, 6.45) is -19.5. The van der Waals surface area contributed by atoms with Gasteiger partial charge in [-0.25, -0.2) is 8.98 Å². The third kappa shape index (κ3) is 6.39. The van der Waals surface area contributed by atoms with Crippen molar-refractivity contribution in [1.29, 1.82) is 0 Å². The molecule has 2 heterocycles. The van der Waals surface area contributed by atoms with E-state index in [1.54, 1.807) is 0 Å². The van der Waals surface area contributed by atoms with E-state index in [4.69, 9.17) is 28.2 Å². The number of carbonyl (C=O) groups is 1. The smallest absolute Gasteiger partial charge is 0.397 e. The second-order valence-electron chi connectivity index (χ2n) is 7.83. The Kier molecular flexibility index (Phi) is 9.06. The molecule has 2 aliphatic rings.